The quantitative estimate of drug-likeness (QED) is 0.260. The molecular formula is C35H41Cl2FN6O2S. The number of allylic oxidation sites excluding steroid dienone is 1. The zero-order valence-corrected chi connectivity index (χ0v) is 29.7. The minimum absolute atomic E-state index is 0.0119. The molecule has 3 fully saturated rings. The van der Waals surface area contributed by atoms with Gasteiger partial charge in [0, 0.05) is 48.2 Å². The van der Waals surface area contributed by atoms with E-state index in [2.05, 4.69) is 47.8 Å². The molecule has 1 aromatic carbocycles. The van der Waals surface area contributed by atoms with Crippen LogP contribution in [0.2, 0.25) is 10.2 Å². The number of hydrogen-bond acceptors (Lipinski definition) is 8. The number of carbonyl (C=O) groups excluding carboxylic acids is 2. The van der Waals surface area contributed by atoms with Crippen molar-refractivity contribution in [1.82, 2.24) is 25.0 Å². The Bertz CT molecular complexity index is 1680. The third-order valence-electron chi connectivity index (χ3n) is 10.7. The maximum absolute atomic E-state index is 15.1. The minimum atomic E-state index is -0.918. The molecule has 1 N–H and O–H groups in total. The van der Waals surface area contributed by atoms with Gasteiger partial charge in [0.05, 0.1) is 16.0 Å². The van der Waals surface area contributed by atoms with Gasteiger partial charge in [0.2, 0.25) is 5.91 Å². The number of hydrogen-bond donors (Lipinski definition) is 1. The third kappa shape index (κ3) is 5.62. The van der Waals surface area contributed by atoms with Gasteiger partial charge in [-0.2, -0.15) is 0 Å². The van der Waals surface area contributed by atoms with Crippen molar-refractivity contribution in [3.8, 4) is 0 Å². The first-order chi connectivity index (χ1) is 22.3. The number of nitrogens with one attached hydrogen (secondary N) is 1. The van der Waals surface area contributed by atoms with E-state index in [0.717, 1.165) is 43.5 Å². The predicted octanol–water partition coefficient (Wildman–Crippen LogP) is 6.54. The fraction of sp³-hybridized carbons (Fsp3) is 0.543. The summed E-state index contributed by atoms with van der Waals surface area (Å²) >= 11 is 13.6. The van der Waals surface area contributed by atoms with E-state index in [1.807, 2.05) is 24.0 Å². The molecule has 1 amide bonds. The molecule has 1 spiro atoms. The molecule has 12 heteroatoms. The van der Waals surface area contributed by atoms with E-state index in [1.54, 1.807) is 18.3 Å². The highest BCUT2D eigenvalue weighted by Crippen LogP contribution is 2.56. The summed E-state index contributed by atoms with van der Waals surface area (Å²) in [4.78, 5) is 46.0. The zero-order chi connectivity index (χ0) is 33.4. The number of fused-ring (bicyclic) bond motifs is 1. The topological polar surface area (TPSA) is 81.1 Å². The van der Waals surface area contributed by atoms with E-state index in [1.165, 1.54) is 17.8 Å². The van der Waals surface area contributed by atoms with Gasteiger partial charge in [-0.15, -0.1) is 0 Å². The fourth-order valence-corrected chi connectivity index (χ4v) is 9.43. The number of aliphatic imine (C=N–C) groups is 1. The van der Waals surface area contributed by atoms with E-state index in [0.29, 0.717) is 33.9 Å². The van der Waals surface area contributed by atoms with Gasteiger partial charge in [-0.05, 0) is 94.4 Å². The number of nitrogens with zero attached hydrogens (tertiary/aromatic N) is 5. The number of ketones is 1. The van der Waals surface area contributed by atoms with Crippen LogP contribution in [0.5, 0.6) is 0 Å². The Kier molecular flexibility index (Phi) is 8.52. The van der Waals surface area contributed by atoms with Crippen LogP contribution in [-0.2, 0) is 15.1 Å². The second kappa shape index (κ2) is 12.1. The van der Waals surface area contributed by atoms with Crippen LogP contribution in [0, 0.1) is 11.7 Å². The number of carbonyl (C=O) groups is 2. The normalized spacial score (nSPS) is 29.1. The van der Waals surface area contributed by atoms with E-state index in [4.69, 9.17) is 28.2 Å². The lowest BCUT2D eigenvalue weighted by Crippen LogP contribution is -2.63. The lowest BCUT2D eigenvalue weighted by Gasteiger charge is -2.42. The molecule has 5 heterocycles. The molecule has 8 nitrogen and oxygen atoms in total. The number of pyridine rings is 1. The molecule has 47 heavy (non-hydrogen) atoms. The summed E-state index contributed by atoms with van der Waals surface area (Å²) in [5, 5.41) is 4.67. The molecule has 1 aliphatic carbocycles. The number of thioether (sulfide) groups is 1. The highest BCUT2D eigenvalue weighted by atomic mass is 35.5. The summed E-state index contributed by atoms with van der Waals surface area (Å²) in [6.45, 7) is 12.3. The van der Waals surface area contributed by atoms with Crippen LogP contribution in [0.15, 0.2) is 52.1 Å². The maximum atomic E-state index is 15.1. The van der Waals surface area contributed by atoms with Crippen LogP contribution in [0.3, 0.4) is 0 Å². The largest absolute Gasteiger partial charge is 0.335 e. The number of amides is 1. The molecule has 2 aromatic rings. The maximum Gasteiger partial charge on any atom is 0.248 e. The van der Waals surface area contributed by atoms with Crippen molar-refractivity contribution in [3.63, 3.8) is 0 Å². The first-order valence-corrected chi connectivity index (χ1v) is 18.1. The number of benzene rings is 1. The molecule has 2 saturated heterocycles. The van der Waals surface area contributed by atoms with Gasteiger partial charge in [0.25, 0.3) is 0 Å². The summed E-state index contributed by atoms with van der Waals surface area (Å²) in [6, 6.07) is 7.11. The Hall–Kier alpha value is -2.50. The zero-order valence-electron chi connectivity index (χ0n) is 27.4. The average Bonchev–Trinajstić information content (AvgIpc) is 3.32. The molecule has 250 valence electrons. The summed E-state index contributed by atoms with van der Waals surface area (Å²) < 4.78 is 15.1. The van der Waals surface area contributed by atoms with Crippen LogP contribution in [-0.4, -0.2) is 79.8 Å². The number of aromatic nitrogens is 1. The van der Waals surface area contributed by atoms with Crippen LogP contribution in [0.25, 0.3) is 0 Å². The van der Waals surface area contributed by atoms with Crippen LogP contribution < -0.4 is 5.32 Å². The molecule has 5 aliphatic rings. The number of likely N-dealkylation sites (tertiary alicyclic amines) is 1. The van der Waals surface area contributed by atoms with Crippen molar-refractivity contribution < 1.29 is 14.0 Å². The minimum Gasteiger partial charge on any atom is -0.335 e. The second-order valence-electron chi connectivity index (χ2n) is 14.3. The molecule has 0 bridgehead atoms. The highest BCUT2D eigenvalue weighted by Gasteiger charge is 2.56. The first kappa shape index (κ1) is 33.0. The summed E-state index contributed by atoms with van der Waals surface area (Å²) in [5.41, 5.74) is 1.36. The molecule has 0 radical (unpaired) electrons. The van der Waals surface area contributed by atoms with Crippen LogP contribution >= 0.6 is 35.0 Å². The Morgan fingerprint density at radius 2 is 1.89 bits per heavy atom. The number of rotatable bonds is 7. The van der Waals surface area contributed by atoms with Gasteiger partial charge in [0.1, 0.15) is 16.5 Å². The lowest BCUT2D eigenvalue weighted by atomic mass is 9.81. The number of amidine groups is 1. The number of halogens is 3. The van der Waals surface area contributed by atoms with Gasteiger partial charge in [-0.25, -0.2) is 14.4 Å². The van der Waals surface area contributed by atoms with Crippen LogP contribution in [0.4, 0.5) is 4.39 Å². The first-order valence-electron chi connectivity index (χ1n) is 16.6. The third-order valence-corrected chi connectivity index (χ3v) is 12.3. The van der Waals surface area contributed by atoms with E-state index >= 15 is 9.18 Å². The van der Waals surface area contributed by atoms with Gasteiger partial charge in [0.15, 0.2) is 17.0 Å². The van der Waals surface area contributed by atoms with E-state index < -0.39 is 23.4 Å². The van der Waals surface area contributed by atoms with Crippen molar-refractivity contribution in [1.29, 1.82) is 0 Å². The molecular weight excluding hydrogens is 658 g/mol. The molecule has 4 aliphatic heterocycles. The van der Waals surface area contributed by atoms with Crippen molar-refractivity contribution in [2.45, 2.75) is 95.5 Å². The Morgan fingerprint density at radius 3 is 2.51 bits per heavy atom. The van der Waals surface area contributed by atoms with Crippen molar-refractivity contribution in [2.75, 3.05) is 19.6 Å². The van der Waals surface area contributed by atoms with Gasteiger partial charge < -0.3 is 15.1 Å². The van der Waals surface area contributed by atoms with Crippen molar-refractivity contribution >= 4 is 51.8 Å². The van der Waals surface area contributed by atoms with Crippen molar-refractivity contribution in [2.24, 2.45) is 10.9 Å². The van der Waals surface area contributed by atoms with Crippen molar-refractivity contribution in [3.05, 3.63) is 74.3 Å². The average molecular weight is 700 g/mol. The molecule has 1 aromatic heterocycles. The number of Topliss-reactive ketones (excluding diaryl/α,β-unsaturated/α-hetero) is 1. The fourth-order valence-electron chi connectivity index (χ4n) is 7.83. The highest BCUT2D eigenvalue weighted by molar-refractivity contribution is 8.18. The molecule has 1 saturated carbocycles. The smallest absolute Gasteiger partial charge is 0.248 e. The Balaban J connectivity index is 1.33. The number of piperazine rings is 1. The van der Waals surface area contributed by atoms with E-state index in [-0.39, 0.29) is 40.3 Å². The monoisotopic (exact) mass is 698 g/mol. The summed E-state index contributed by atoms with van der Waals surface area (Å²) in [5.74, 6) is -0.914. The standard InChI is InChI=1S/C35H41Cl2FN6O2S/c1-19(2)27-30(29(45)28(42-14-6-7-20(42)3)32(46)43-18-35(12-13-35)40-16-21(43)4)47-33-41-34(5,23-9-11-26(37)39-17-23)31(44(27)33)22-8-10-24(36)25(38)15-22/h8-11,15,17,19-21,28,31,40H,6-7,12-14,16,18H2,1-5H3/t20-,21+,28?,31-,34+/m1/s1. The molecule has 1 unspecified atom stereocenters. The second-order valence-corrected chi connectivity index (χ2v) is 16.1. The summed E-state index contributed by atoms with van der Waals surface area (Å²) in [7, 11) is 0. The van der Waals surface area contributed by atoms with Gasteiger partial charge in [-0.1, -0.05) is 49.2 Å². The van der Waals surface area contributed by atoms with Crippen LogP contribution in [0.1, 0.15) is 77.5 Å². The lowest BCUT2D eigenvalue weighted by molar-refractivity contribution is -0.145. The van der Waals surface area contributed by atoms with Gasteiger partial charge in [-0.3, -0.25) is 14.5 Å². The Labute approximate surface area is 290 Å². The predicted molar refractivity (Wildman–Crippen MR) is 185 cm³/mol. The summed E-state index contributed by atoms with van der Waals surface area (Å²) in [6.07, 6.45) is 5.68. The van der Waals surface area contributed by atoms with Gasteiger partial charge >= 0.3 is 0 Å². The SMILES string of the molecule is CC(C)C1=C(C(=O)C(C(=O)N2CC3(CC3)NC[C@@H]2C)N2CCC[C@H]2C)SC2=N[C@@](C)(c3ccc(Cl)nc3)[C@@H](c3ccc(Cl)c(F)c3)N21. The molecule has 5 atom stereocenters. The Morgan fingerprint density at radius 1 is 1.13 bits per heavy atom. The van der Waals surface area contributed by atoms with E-state index in [9.17, 15) is 4.79 Å². The molecule has 7 rings (SSSR count).